The Hall–Kier alpha value is -2.37. The number of amides is 1. The molecule has 5 nitrogen and oxygen atoms in total. The third kappa shape index (κ3) is 3.06. The van der Waals surface area contributed by atoms with Crippen LogP contribution in [0, 0.1) is 0 Å². The summed E-state index contributed by atoms with van der Waals surface area (Å²) in [5.74, 6) is -0.454. The van der Waals surface area contributed by atoms with E-state index in [9.17, 15) is 9.59 Å². The van der Waals surface area contributed by atoms with Gasteiger partial charge in [0.25, 0.3) is 11.5 Å². The molecule has 0 saturated heterocycles. The minimum atomic E-state index is -0.499. The van der Waals surface area contributed by atoms with Gasteiger partial charge in [-0.2, -0.15) is 4.68 Å². The minimum Gasteiger partial charge on any atom is -0.272 e. The average Bonchev–Trinajstić information content (AvgIpc) is 2.58. The van der Waals surface area contributed by atoms with Crippen LogP contribution in [0.5, 0.6) is 0 Å². The van der Waals surface area contributed by atoms with Crippen LogP contribution in [0.25, 0.3) is 22.3 Å². The first-order valence-corrected chi connectivity index (χ1v) is 7.65. The molecule has 1 aromatic heterocycles. The summed E-state index contributed by atoms with van der Waals surface area (Å²) in [5, 5.41) is 0.966. The van der Waals surface area contributed by atoms with Gasteiger partial charge >= 0.3 is 0 Å². The largest absolute Gasteiger partial charge is 0.280 e. The molecule has 116 valence electrons. The summed E-state index contributed by atoms with van der Waals surface area (Å²) in [6.07, 6.45) is 0. The van der Waals surface area contributed by atoms with Crippen LogP contribution in [0.1, 0.15) is 0 Å². The molecule has 0 spiro atoms. The van der Waals surface area contributed by atoms with Crippen molar-refractivity contribution in [1.82, 2.24) is 9.66 Å². The first kappa shape index (κ1) is 15.5. The highest BCUT2D eigenvalue weighted by molar-refractivity contribution is 6.30. The molecule has 0 bridgehead atoms. The van der Waals surface area contributed by atoms with Crippen molar-refractivity contribution in [2.45, 2.75) is 0 Å². The van der Waals surface area contributed by atoms with Gasteiger partial charge in [0.15, 0.2) is 5.82 Å². The van der Waals surface area contributed by atoms with E-state index >= 15 is 0 Å². The fourth-order valence-electron chi connectivity index (χ4n) is 2.18. The summed E-state index contributed by atoms with van der Waals surface area (Å²) in [4.78, 5) is 28.8. The summed E-state index contributed by atoms with van der Waals surface area (Å²) in [6.45, 7) is 0. The van der Waals surface area contributed by atoms with E-state index in [1.54, 1.807) is 48.5 Å². The van der Waals surface area contributed by atoms with Crippen LogP contribution in [0.4, 0.5) is 0 Å². The number of hydrogen-bond acceptors (Lipinski definition) is 3. The molecule has 2 aromatic carbocycles. The topological polar surface area (TPSA) is 64.0 Å². The fourth-order valence-corrected chi connectivity index (χ4v) is 2.37. The summed E-state index contributed by atoms with van der Waals surface area (Å²) >= 11 is 11.4. The Balaban J connectivity index is 2.29. The van der Waals surface area contributed by atoms with Gasteiger partial charge in [-0.1, -0.05) is 23.7 Å². The molecule has 0 saturated carbocycles. The van der Waals surface area contributed by atoms with Crippen molar-refractivity contribution in [3.63, 3.8) is 0 Å². The van der Waals surface area contributed by atoms with Crippen molar-refractivity contribution in [1.29, 1.82) is 0 Å². The molecular weight excluding hydrogens is 337 g/mol. The number of carbonyl (C=O) groups is 1. The standard InChI is InChI=1S/C16H11Cl2N3O2/c17-9-14(22)20-21-15(10-5-7-11(18)8-6-10)19-13-4-2-1-3-12(13)16(21)23/h1-8H,9H2,(H,20,22). The van der Waals surface area contributed by atoms with E-state index in [1.165, 1.54) is 0 Å². The highest BCUT2D eigenvalue weighted by atomic mass is 35.5. The Kier molecular flexibility index (Phi) is 4.32. The van der Waals surface area contributed by atoms with E-state index in [-0.39, 0.29) is 11.4 Å². The maximum Gasteiger partial charge on any atom is 0.280 e. The van der Waals surface area contributed by atoms with Crippen molar-refractivity contribution in [3.05, 3.63) is 63.9 Å². The SMILES string of the molecule is O=C(CCl)Nn1c(-c2ccc(Cl)cc2)nc2ccccc2c1=O. The van der Waals surface area contributed by atoms with Gasteiger partial charge in [0, 0.05) is 10.6 Å². The molecule has 0 aliphatic carbocycles. The van der Waals surface area contributed by atoms with Gasteiger partial charge in [-0.3, -0.25) is 15.0 Å². The normalized spacial score (nSPS) is 10.7. The van der Waals surface area contributed by atoms with Crippen LogP contribution >= 0.6 is 23.2 Å². The van der Waals surface area contributed by atoms with Gasteiger partial charge in [-0.25, -0.2) is 4.98 Å². The number of para-hydroxylation sites is 1. The van der Waals surface area contributed by atoms with E-state index in [0.717, 1.165) is 4.68 Å². The van der Waals surface area contributed by atoms with Crippen molar-refractivity contribution >= 4 is 40.0 Å². The number of halogens is 2. The monoisotopic (exact) mass is 347 g/mol. The lowest BCUT2D eigenvalue weighted by Crippen LogP contribution is -2.35. The molecule has 23 heavy (non-hydrogen) atoms. The van der Waals surface area contributed by atoms with Gasteiger partial charge in [0.05, 0.1) is 10.9 Å². The van der Waals surface area contributed by atoms with Gasteiger partial charge < -0.3 is 0 Å². The molecule has 1 N–H and O–H groups in total. The third-order valence-corrected chi connectivity index (χ3v) is 3.73. The summed E-state index contributed by atoms with van der Waals surface area (Å²) in [6, 6.07) is 13.7. The maximum atomic E-state index is 12.7. The summed E-state index contributed by atoms with van der Waals surface area (Å²) in [7, 11) is 0. The number of fused-ring (bicyclic) bond motifs is 1. The van der Waals surface area contributed by atoms with Crippen LogP contribution < -0.4 is 11.0 Å². The van der Waals surface area contributed by atoms with Crippen LogP contribution in [-0.2, 0) is 4.79 Å². The number of rotatable bonds is 3. The summed E-state index contributed by atoms with van der Waals surface area (Å²) in [5.41, 5.74) is 3.28. The zero-order valence-electron chi connectivity index (χ0n) is 11.8. The Morgan fingerprint density at radius 2 is 1.83 bits per heavy atom. The number of hydrogen-bond donors (Lipinski definition) is 1. The predicted octanol–water partition coefficient (Wildman–Crippen LogP) is 3.03. The molecule has 3 aromatic rings. The second-order valence-corrected chi connectivity index (χ2v) is 5.47. The van der Waals surface area contributed by atoms with Gasteiger partial charge in [0.1, 0.15) is 5.88 Å². The van der Waals surface area contributed by atoms with Crippen LogP contribution in [0.2, 0.25) is 5.02 Å². The Labute approximate surface area is 141 Å². The zero-order valence-corrected chi connectivity index (χ0v) is 13.3. The van der Waals surface area contributed by atoms with Crippen molar-refractivity contribution in [2.75, 3.05) is 11.3 Å². The number of aromatic nitrogens is 2. The third-order valence-electron chi connectivity index (χ3n) is 3.24. The molecule has 0 aliphatic heterocycles. The van der Waals surface area contributed by atoms with E-state index in [1.807, 2.05) is 0 Å². The number of carbonyl (C=O) groups excluding carboxylic acids is 1. The zero-order chi connectivity index (χ0) is 16.4. The highest BCUT2D eigenvalue weighted by Gasteiger charge is 2.14. The van der Waals surface area contributed by atoms with E-state index < -0.39 is 5.91 Å². The van der Waals surface area contributed by atoms with Crippen molar-refractivity contribution in [3.8, 4) is 11.4 Å². The lowest BCUT2D eigenvalue weighted by atomic mass is 10.2. The predicted molar refractivity (Wildman–Crippen MR) is 91.5 cm³/mol. The first-order valence-electron chi connectivity index (χ1n) is 6.73. The highest BCUT2D eigenvalue weighted by Crippen LogP contribution is 2.20. The summed E-state index contributed by atoms with van der Waals surface area (Å²) < 4.78 is 1.11. The van der Waals surface area contributed by atoms with E-state index in [0.29, 0.717) is 27.3 Å². The molecule has 1 heterocycles. The fraction of sp³-hybridized carbons (Fsp3) is 0.0625. The lowest BCUT2D eigenvalue weighted by Gasteiger charge is -2.14. The molecule has 1 amide bonds. The smallest absolute Gasteiger partial charge is 0.272 e. The van der Waals surface area contributed by atoms with Crippen molar-refractivity contribution in [2.24, 2.45) is 0 Å². The lowest BCUT2D eigenvalue weighted by molar-refractivity contribution is -0.114. The Morgan fingerprint density at radius 3 is 2.52 bits per heavy atom. The van der Waals surface area contributed by atoms with Crippen molar-refractivity contribution < 1.29 is 4.79 Å². The van der Waals surface area contributed by atoms with Crippen LogP contribution in [-0.4, -0.2) is 21.4 Å². The maximum absolute atomic E-state index is 12.7. The molecule has 0 radical (unpaired) electrons. The molecule has 0 fully saturated rings. The quantitative estimate of drug-likeness (QED) is 0.740. The number of benzene rings is 2. The molecule has 3 rings (SSSR count). The number of alkyl halides is 1. The Bertz CT molecular complexity index is 936. The van der Waals surface area contributed by atoms with E-state index in [4.69, 9.17) is 23.2 Å². The second kappa shape index (κ2) is 6.40. The average molecular weight is 348 g/mol. The van der Waals surface area contributed by atoms with Gasteiger partial charge in [0.2, 0.25) is 0 Å². The number of nitrogens with one attached hydrogen (secondary N) is 1. The molecular formula is C16H11Cl2N3O2. The molecule has 0 unspecified atom stereocenters. The van der Waals surface area contributed by atoms with Gasteiger partial charge in [-0.05, 0) is 36.4 Å². The Morgan fingerprint density at radius 1 is 1.13 bits per heavy atom. The van der Waals surface area contributed by atoms with Crippen LogP contribution in [0.15, 0.2) is 53.3 Å². The van der Waals surface area contributed by atoms with Gasteiger partial charge in [-0.15, -0.1) is 11.6 Å². The minimum absolute atomic E-state index is 0.265. The van der Waals surface area contributed by atoms with E-state index in [2.05, 4.69) is 10.4 Å². The molecule has 0 atom stereocenters. The second-order valence-electron chi connectivity index (χ2n) is 4.77. The van der Waals surface area contributed by atoms with Crippen LogP contribution in [0.3, 0.4) is 0 Å². The molecule has 0 aliphatic rings. The first-order chi connectivity index (χ1) is 11.1. The number of nitrogens with zero attached hydrogens (tertiary/aromatic N) is 2. The molecule has 7 heteroatoms.